The number of hydrogen-bond donors (Lipinski definition) is 1. The fraction of sp³-hybridized carbons (Fsp3) is 0.308. The van der Waals surface area contributed by atoms with Gasteiger partial charge in [-0.1, -0.05) is 24.3 Å². The number of aromatic nitrogens is 1. The highest BCUT2D eigenvalue weighted by Gasteiger charge is 2.26. The molecule has 0 fully saturated rings. The molecule has 0 amide bonds. The van der Waals surface area contributed by atoms with Crippen LogP contribution in [0.5, 0.6) is 0 Å². The summed E-state index contributed by atoms with van der Waals surface area (Å²) >= 11 is 1.74. The van der Waals surface area contributed by atoms with Crippen LogP contribution in [-0.4, -0.2) is 4.98 Å². The van der Waals surface area contributed by atoms with Gasteiger partial charge in [0.25, 0.3) is 0 Å². The zero-order chi connectivity index (χ0) is 11.1. The van der Waals surface area contributed by atoms with Gasteiger partial charge in [-0.3, -0.25) is 0 Å². The number of nitrogen functional groups attached to an aromatic ring is 1. The summed E-state index contributed by atoms with van der Waals surface area (Å²) in [5.74, 6) is 1.17. The molecule has 3 heteroatoms. The number of aryl methyl sites for hydroxylation is 2. The van der Waals surface area contributed by atoms with Crippen molar-refractivity contribution in [2.45, 2.75) is 25.7 Å². The normalized spacial score (nSPS) is 18.7. The molecule has 0 bridgehead atoms. The van der Waals surface area contributed by atoms with E-state index >= 15 is 0 Å². The third-order valence-electron chi connectivity index (χ3n) is 3.28. The fourth-order valence-electron chi connectivity index (χ4n) is 2.39. The van der Waals surface area contributed by atoms with Crippen molar-refractivity contribution in [3.63, 3.8) is 0 Å². The quantitative estimate of drug-likeness (QED) is 0.817. The van der Waals surface area contributed by atoms with Gasteiger partial charge in [0.1, 0.15) is 10.8 Å². The van der Waals surface area contributed by atoms with Crippen molar-refractivity contribution in [3.8, 4) is 0 Å². The highest BCUT2D eigenvalue weighted by molar-refractivity contribution is 7.12. The lowest BCUT2D eigenvalue weighted by Crippen LogP contribution is -1.96. The summed E-state index contributed by atoms with van der Waals surface area (Å²) in [4.78, 5) is 5.63. The molecule has 2 nitrogen and oxygen atoms in total. The first-order chi connectivity index (χ1) is 7.75. The first-order valence-corrected chi connectivity index (χ1v) is 6.38. The molecule has 16 heavy (non-hydrogen) atoms. The van der Waals surface area contributed by atoms with E-state index in [4.69, 9.17) is 5.73 Å². The molecule has 0 spiro atoms. The number of rotatable bonds is 1. The van der Waals surface area contributed by atoms with Crippen molar-refractivity contribution >= 4 is 17.2 Å². The van der Waals surface area contributed by atoms with Crippen molar-refractivity contribution in [2.75, 3.05) is 5.73 Å². The second kappa shape index (κ2) is 3.59. The number of hydrogen-bond acceptors (Lipinski definition) is 3. The molecule has 2 N–H and O–H groups in total. The summed E-state index contributed by atoms with van der Waals surface area (Å²) in [7, 11) is 0. The van der Waals surface area contributed by atoms with Gasteiger partial charge in [-0.15, -0.1) is 11.3 Å². The van der Waals surface area contributed by atoms with Gasteiger partial charge in [0, 0.05) is 10.8 Å². The second-order valence-corrected chi connectivity index (χ2v) is 5.52. The van der Waals surface area contributed by atoms with Crippen LogP contribution in [0.25, 0.3) is 0 Å². The smallest absolute Gasteiger partial charge is 0.137 e. The van der Waals surface area contributed by atoms with Gasteiger partial charge in [-0.2, -0.15) is 0 Å². The van der Waals surface area contributed by atoms with Crippen LogP contribution in [0.1, 0.15) is 33.4 Å². The third kappa shape index (κ3) is 1.43. The number of nitrogens with zero attached hydrogens (tertiary/aromatic N) is 1. The minimum absolute atomic E-state index is 0.470. The molecule has 0 aliphatic heterocycles. The molecule has 1 heterocycles. The molecule has 3 rings (SSSR count). The van der Waals surface area contributed by atoms with E-state index in [9.17, 15) is 0 Å². The van der Waals surface area contributed by atoms with E-state index in [0.717, 1.165) is 4.88 Å². The molecule has 2 aromatic rings. The number of fused-ring (bicyclic) bond motifs is 1. The van der Waals surface area contributed by atoms with E-state index in [1.54, 1.807) is 11.3 Å². The van der Waals surface area contributed by atoms with E-state index in [2.05, 4.69) is 29.2 Å². The van der Waals surface area contributed by atoms with Crippen molar-refractivity contribution in [1.82, 2.24) is 4.98 Å². The monoisotopic (exact) mass is 230 g/mol. The highest BCUT2D eigenvalue weighted by Crippen LogP contribution is 2.40. The maximum atomic E-state index is 5.83. The Hall–Kier alpha value is -1.35. The van der Waals surface area contributed by atoms with Crippen molar-refractivity contribution in [3.05, 3.63) is 45.3 Å². The summed E-state index contributed by atoms with van der Waals surface area (Å²) in [6.07, 6.45) is 2.34. The van der Waals surface area contributed by atoms with Crippen molar-refractivity contribution in [1.29, 1.82) is 0 Å². The van der Waals surface area contributed by atoms with E-state index in [1.807, 2.05) is 6.92 Å². The minimum Gasteiger partial charge on any atom is -0.383 e. The Morgan fingerprint density at radius 1 is 1.38 bits per heavy atom. The van der Waals surface area contributed by atoms with Gasteiger partial charge in [0.2, 0.25) is 0 Å². The molecule has 0 saturated carbocycles. The Morgan fingerprint density at radius 3 is 2.94 bits per heavy atom. The Kier molecular flexibility index (Phi) is 2.21. The summed E-state index contributed by atoms with van der Waals surface area (Å²) < 4.78 is 0. The van der Waals surface area contributed by atoms with Gasteiger partial charge in [-0.05, 0) is 30.9 Å². The summed E-state index contributed by atoms with van der Waals surface area (Å²) in [5.41, 5.74) is 8.74. The maximum Gasteiger partial charge on any atom is 0.137 e. The van der Waals surface area contributed by atoms with Gasteiger partial charge in [0.15, 0.2) is 0 Å². The number of benzene rings is 1. The zero-order valence-electron chi connectivity index (χ0n) is 9.23. The molecule has 1 aromatic carbocycles. The Morgan fingerprint density at radius 2 is 2.19 bits per heavy atom. The van der Waals surface area contributed by atoms with Crippen LogP contribution in [0.3, 0.4) is 0 Å². The van der Waals surface area contributed by atoms with Crippen LogP contribution in [-0.2, 0) is 6.42 Å². The first kappa shape index (κ1) is 9.85. The van der Waals surface area contributed by atoms with E-state index < -0.39 is 0 Å². The summed E-state index contributed by atoms with van der Waals surface area (Å²) in [5, 5.41) is 1.18. The molecule has 0 radical (unpaired) electrons. The molecular weight excluding hydrogens is 216 g/mol. The topological polar surface area (TPSA) is 38.9 Å². The van der Waals surface area contributed by atoms with Gasteiger partial charge >= 0.3 is 0 Å². The van der Waals surface area contributed by atoms with Gasteiger partial charge in [0.05, 0.1) is 0 Å². The van der Waals surface area contributed by atoms with Crippen LogP contribution in [0, 0.1) is 6.92 Å². The Labute approximate surface area is 99.1 Å². The van der Waals surface area contributed by atoms with E-state index in [1.165, 1.54) is 29.0 Å². The van der Waals surface area contributed by atoms with Crippen molar-refractivity contribution < 1.29 is 0 Å². The van der Waals surface area contributed by atoms with Crippen LogP contribution < -0.4 is 5.73 Å². The average Bonchev–Trinajstić information content (AvgIpc) is 2.83. The molecule has 1 aliphatic rings. The third-order valence-corrected chi connectivity index (χ3v) is 4.38. The van der Waals surface area contributed by atoms with Crippen LogP contribution in [0.4, 0.5) is 5.82 Å². The molecule has 1 aromatic heterocycles. The van der Waals surface area contributed by atoms with E-state index in [0.29, 0.717) is 11.7 Å². The zero-order valence-corrected chi connectivity index (χ0v) is 10.1. The van der Waals surface area contributed by atoms with Crippen LogP contribution in [0.2, 0.25) is 0 Å². The van der Waals surface area contributed by atoms with Crippen molar-refractivity contribution in [2.24, 2.45) is 0 Å². The fourth-order valence-corrected chi connectivity index (χ4v) is 3.39. The maximum absolute atomic E-state index is 5.83. The lowest BCUT2D eigenvalue weighted by molar-refractivity contribution is 0.781. The Bertz CT molecular complexity index is 511. The highest BCUT2D eigenvalue weighted by atomic mass is 32.1. The molecule has 82 valence electrons. The molecule has 1 unspecified atom stereocenters. The second-order valence-electron chi connectivity index (χ2n) is 4.28. The predicted octanol–water partition coefficient (Wildman–Crippen LogP) is 3.11. The lowest BCUT2D eigenvalue weighted by atomic mass is 10.0. The van der Waals surface area contributed by atoms with Crippen LogP contribution >= 0.6 is 11.3 Å². The Balaban J connectivity index is 2.04. The first-order valence-electron chi connectivity index (χ1n) is 5.56. The van der Waals surface area contributed by atoms with Crippen LogP contribution in [0.15, 0.2) is 24.3 Å². The van der Waals surface area contributed by atoms with Gasteiger partial charge in [-0.25, -0.2) is 4.98 Å². The number of anilines is 1. The molecule has 1 aliphatic carbocycles. The standard InChI is InChI=1S/C13H14N2S/c1-8-12(14)15-13(16-8)11-7-6-9-4-2-3-5-10(9)11/h2-5,11H,6-7,14H2,1H3. The number of thiazole rings is 1. The van der Waals surface area contributed by atoms with E-state index in [-0.39, 0.29) is 0 Å². The predicted molar refractivity (Wildman–Crippen MR) is 67.9 cm³/mol. The SMILES string of the molecule is Cc1sc(C2CCc3ccccc32)nc1N. The average molecular weight is 230 g/mol. The minimum atomic E-state index is 0.470. The molecular formula is C13H14N2S. The summed E-state index contributed by atoms with van der Waals surface area (Å²) in [6.45, 7) is 2.04. The summed E-state index contributed by atoms with van der Waals surface area (Å²) in [6, 6.07) is 8.67. The number of nitrogens with two attached hydrogens (primary N) is 1. The van der Waals surface area contributed by atoms with Gasteiger partial charge < -0.3 is 5.73 Å². The largest absolute Gasteiger partial charge is 0.383 e. The lowest BCUT2D eigenvalue weighted by Gasteiger charge is -2.07. The molecule has 0 saturated heterocycles. The molecule has 1 atom stereocenters.